The number of rotatable bonds is 6. The third kappa shape index (κ3) is 2.01. The van der Waals surface area contributed by atoms with Crippen LogP contribution in [-0.4, -0.2) is 50.1 Å². The molecule has 19 heavy (non-hydrogen) atoms. The Morgan fingerprint density at radius 1 is 1.21 bits per heavy atom. The largest absolute Gasteiger partial charge is 0.383 e. The summed E-state index contributed by atoms with van der Waals surface area (Å²) >= 11 is 0. The molecule has 104 valence electrons. The van der Waals surface area contributed by atoms with Crippen molar-refractivity contribution in [1.82, 2.24) is 10.2 Å². The molecule has 1 N–H and O–H groups in total. The predicted octanol–water partition coefficient (Wildman–Crippen LogP) is 0.0295. The van der Waals surface area contributed by atoms with Gasteiger partial charge in [0.2, 0.25) is 11.8 Å². The number of carbonyl (C=O) groups excluding carboxylic acids is 2. The first-order valence-electron chi connectivity index (χ1n) is 6.97. The number of amides is 2. The van der Waals surface area contributed by atoms with Crippen LogP contribution in [0.2, 0.25) is 0 Å². The van der Waals surface area contributed by atoms with Crippen molar-refractivity contribution in [3.8, 4) is 0 Å². The normalized spacial score (nSPS) is 35.5. The van der Waals surface area contributed by atoms with E-state index in [0.717, 1.165) is 13.0 Å². The number of nitrogens with zero attached hydrogens (tertiary/aromatic N) is 1. The van der Waals surface area contributed by atoms with E-state index in [0.29, 0.717) is 31.5 Å². The third-order valence-corrected chi connectivity index (χ3v) is 4.56. The lowest BCUT2D eigenvalue weighted by Gasteiger charge is -2.17. The van der Waals surface area contributed by atoms with Gasteiger partial charge in [-0.15, -0.1) is 0 Å². The molecule has 0 aromatic heterocycles. The van der Waals surface area contributed by atoms with Crippen molar-refractivity contribution in [2.75, 3.05) is 33.4 Å². The van der Waals surface area contributed by atoms with Gasteiger partial charge >= 0.3 is 0 Å². The van der Waals surface area contributed by atoms with Crippen molar-refractivity contribution >= 4 is 11.8 Å². The molecule has 4 unspecified atom stereocenters. The van der Waals surface area contributed by atoms with E-state index in [1.807, 2.05) is 0 Å². The molecular weight excluding hydrogens is 244 g/mol. The van der Waals surface area contributed by atoms with E-state index in [1.54, 1.807) is 7.11 Å². The number of hydrogen-bond acceptors (Lipinski definition) is 4. The highest BCUT2D eigenvalue weighted by Crippen LogP contribution is 2.52. The first kappa shape index (κ1) is 12.8. The molecule has 3 aliphatic rings. The zero-order valence-corrected chi connectivity index (χ0v) is 11.2. The van der Waals surface area contributed by atoms with Crippen LogP contribution in [0, 0.1) is 23.7 Å². The quantitative estimate of drug-likeness (QED) is 0.418. The summed E-state index contributed by atoms with van der Waals surface area (Å²) in [5.74, 6) is 0.555. The summed E-state index contributed by atoms with van der Waals surface area (Å²) in [4.78, 5) is 26.1. The Balaban J connectivity index is 1.57. The third-order valence-electron chi connectivity index (χ3n) is 4.56. The summed E-state index contributed by atoms with van der Waals surface area (Å²) in [7, 11) is 1.65. The number of ether oxygens (including phenoxy) is 1. The molecule has 0 spiro atoms. The fraction of sp³-hybridized carbons (Fsp3) is 0.714. The van der Waals surface area contributed by atoms with Crippen molar-refractivity contribution in [3.63, 3.8) is 0 Å². The topological polar surface area (TPSA) is 58.6 Å². The molecule has 1 saturated carbocycles. The molecule has 0 aromatic rings. The van der Waals surface area contributed by atoms with E-state index in [-0.39, 0.29) is 23.7 Å². The zero-order chi connectivity index (χ0) is 13.4. The van der Waals surface area contributed by atoms with Gasteiger partial charge in [0, 0.05) is 26.7 Å². The van der Waals surface area contributed by atoms with E-state index in [4.69, 9.17) is 4.74 Å². The van der Waals surface area contributed by atoms with E-state index >= 15 is 0 Å². The van der Waals surface area contributed by atoms with E-state index in [9.17, 15) is 9.59 Å². The monoisotopic (exact) mass is 264 g/mol. The van der Waals surface area contributed by atoms with E-state index < -0.39 is 0 Å². The second-order valence-electron chi connectivity index (χ2n) is 5.57. The summed E-state index contributed by atoms with van der Waals surface area (Å²) in [6.45, 7) is 2.50. The van der Waals surface area contributed by atoms with Crippen LogP contribution in [0.25, 0.3) is 0 Å². The molecule has 1 saturated heterocycles. The number of allylic oxidation sites excluding steroid dienone is 2. The minimum absolute atomic E-state index is 0.0420. The Bertz CT molecular complexity index is 391. The number of imide groups is 1. The predicted molar refractivity (Wildman–Crippen MR) is 69.2 cm³/mol. The number of methoxy groups -OCH3 is 1. The van der Waals surface area contributed by atoms with Gasteiger partial charge in [-0.05, 0) is 18.3 Å². The Morgan fingerprint density at radius 2 is 1.84 bits per heavy atom. The van der Waals surface area contributed by atoms with Crippen LogP contribution in [0.3, 0.4) is 0 Å². The number of nitrogens with one attached hydrogen (secondary N) is 1. The molecule has 2 aliphatic carbocycles. The molecule has 5 nitrogen and oxygen atoms in total. The summed E-state index contributed by atoms with van der Waals surface area (Å²) < 4.78 is 4.93. The lowest BCUT2D eigenvalue weighted by atomic mass is 9.85. The van der Waals surface area contributed by atoms with Crippen LogP contribution in [0.1, 0.15) is 6.42 Å². The molecule has 3 rings (SSSR count). The maximum Gasteiger partial charge on any atom is 0.233 e. The molecule has 1 aliphatic heterocycles. The standard InChI is InChI=1S/C14H20N2O3/c1-19-7-5-15-4-6-16-13(17)11-9-2-3-10(8-9)12(11)14(16)18/h2-3,9-12,15H,4-8H2,1H3. The maximum absolute atomic E-state index is 12.3. The van der Waals surface area contributed by atoms with Gasteiger partial charge in [-0.3, -0.25) is 14.5 Å². The van der Waals surface area contributed by atoms with Gasteiger partial charge in [-0.1, -0.05) is 12.2 Å². The molecule has 2 amide bonds. The van der Waals surface area contributed by atoms with Gasteiger partial charge < -0.3 is 10.1 Å². The SMILES string of the molecule is COCCNCCN1C(=O)C2C3C=CC(C3)C2C1=O. The average Bonchev–Trinajstić information content (AvgIpc) is 3.06. The van der Waals surface area contributed by atoms with E-state index in [1.165, 1.54) is 4.90 Å². The van der Waals surface area contributed by atoms with Gasteiger partial charge in [0.1, 0.15) is 0 Å². The van der Waals surface area contributed by atoms with Crippen molar-refractivity contribution in [2.24, 2.45) is 23.7 Å². The Morgan fingerprint density at radius 3 is 2.42 bits per heavy atom. The highest BCUT2D eigenvalue weighted by atomic mass is 16.5. The zero-order valence-electron chi connectivity index (χ0n) is 11.2. The van der Waals surface area contributed by atoms with Crippen molar-refractivity contribution in [2.45, 2.75) is 6.42 Å². The molecule has 2 fully saturated rings. The maximum atomic E-state index is 12.3. The van der Waals surface area contributed by atoms with Crippen molar-refractivity contribution < 1.29 is 14.3 Å². The number of fused-ring (bicyclic) bond motifs is 5. The summed E-state index contributed by atoms with van der Waals surface area (Å²) in [5, 5.41) is 3.17. The highest BCUT2D eigenvalue weighted by molar-refractivity contribution is 6.06. The smallest absolute Gasteiger partial charge is 0.233 e. The average molecular weight is 264 g/mol. The second-order valence-corrected chi connectivity index (χ2v) is 5.57. The van der Waals surface area contributed by atoms with Gasteiger partial charge in [-0.2, -0.15) is 0 Å². The molecule has 0 aromatic carbocycles. The van der Waals surface area contributed by atoms with Gasteiger partial charge in [-0.25, -0.2) is 0 Å². The Hall–Kier alpha value is -1.20. The summed E-state index contributed by atoms with van der Waals surface area (Å²) in [6.07, 6.45) is 5.24. The van der Waals surface area contributed by atoms with Gasteiger partial charge in [0.15, 0.2) is 0 Å². The molecule has 0 radical (unpaired) electrons. The first-order valence-corrected chi connectivity index (χ1v) is 6.97. The lowest BCUT2D eigenvalue weighted by Crippen LogP contribution is -2.38. The fourth-order valence-corrected chi connectivity index (χ4v) is 3.67. The molecule has 1 heterocycles. The van der Waals surface area contributed by atoms with Gasteiger partial charge in [0.05, 0.1) is 18.4 Å². The minimum Gasteiger partial charge on any atom is -0.383 e. The lowest BCUT2D eigenvalue weighted by molar-refractivity contribution is -0.140. The number of hydrogen-bond donors (Lipinski definition) is 1. The second kappa shape index (κ2) is 5.06. The van der Waals surface area contributed by atoms with Crippen LogP contribution in [0.5, 0.6) is 0 Å². The van der Waals surface area contributed by atoms with E-state index in [2.05, 4.69) is 17.5 Å². The molecule has 4 atom stereocenters. The van der Waals surface area contributed by atoms with Crippen molar-refractivity contribution in [3.05, 3.63) is 12.2 Å². The highest BCUT2D eigenvalue weighted by Gasteiger charge is 2.58. The van der Waals surface area contributed by atoms with Crippen LogP contribution in [0.15, 0.2) is 12.2 Å². The van der Waals surface area contributed by atoms with Gasteiger partial charge in [0.25, 0.3) is 0 Å². The van der Waals surface area contributed by atoms with Crippen LogP contribution in [-0.2, 0) is 14.3 Å². The van der Waals surface area contributed by atoms with Crippen LogP contribution < -0.4 is 5.32 Å². The molecule has 2 bridgehead atoms. The fourth-order valence-electron chi connectivity index (χ4n) is 3.67. The Labute approximate surface area is 113 Å². The minimum atomic E-state index is -0.0681. The first-order chi connectivity index (χ1) is 9.24. The number of carbonyl (C=O) groups is 2. The molecule has 5 heteroatoms. The molecular formula is C14H20N2O3. The Kier molecular flexibility index (Phi) is 3.41. The van der Waals surface area contributed by atoms with Crippen LogP contribution in [0.4, 0.5) is 0 Å². The summed E-state index contributed by atoms with van der Waals surface area (Å²) in [5.41, 5.74) is 0. The number of likely N-dealkylation sites (tertiary alicyclic amines) is 1. The van der Waals surface area contributed by atoms with Crippen molar-refractivity contribution in [1.29, 1.82) is 0 Å². The summed E-state index contributed by atoms with van der Waals surface area (Å²) in [6, 6.07) is 0. The van der Waals surface area contributed by atoms with Crippen LogP contribution >= 0.6 is 0 Å².